The van der Waals surface area contributed by atoms with E-state index >= 15 is 0 Å². The number of hydrogen-bond donors (Lipinski definition) is 3. The number of nitrogens with one attached hydrogen (secondary N) is 3. The number of hydrogen-bond acceptors (Lipinski definition) is 4. The molecule has 1 aliphatic rings. The van der Waals surface area contributed by atoms with Crippen molar-refractivity contribution in [2.45, 2.75) is 13.0 Å². The van der Waals surface area contributed by atoms with Crippen molar-refractivity contribution in [1.29, 1.82) is 0 Å². The molecule has 4 heterocycles. The first kappa shape index (κ1) is 11.4. The van der Waals surface area contributed by atoms with Gasteiger partial charge in [0.1, 0.15) is 11.5 Å². The zero-order valence-electron chi connectivity index (χ0n) is 11.0. The number of pyridine rings is 2. The van der Waals surface area contributed by atoms with Crippen LogP contribution in [0.25, 0.3) is 11.0 Å². The van der Waals surface area contributed by atoms with Gasteiger partial charge in [0.05, 0.1) is 5.69 Å². The van der Waals surface area contributed by atoms with Gasteiger partial charge in [-0.15, -0.1) is 0 Å². The van der Waals surface area contributed by atoms with Crippen molar-refractivity contribution in [2.24, 2.45) is 0 Å². The molecule has 0 unspecified atom stereocenters. The fraction of sp³-hybridized carbons (Fsp3) is 0.200. The molecule has 0 atom stereocenters. The number of fused-ring (bicyclic) bond motifs is 3. The minimum absolute atomic E-state index is 0.846. The molecular formula is C15H15N5. The summed E-state index contributed by atoms with van der Waals surface area (Å²) >= 11 is 0. The van der Waals surface area contributed by atoms with Crippen LogP contribution in [-0.4, -0.2) is 21.5 Å². The number of rotatable bonds is 2. The van der Waals surface area contributed by atoms with Gasteiger partial charge in [-0.05, 0) is 23.8 Å². The Morgan fingerprint density at radius 2 is 2.10 bits per heavy atom. The molecule has 3 aromatic rings. The number of aromatic amines is 1. The third kappa shape index (κ3) is 1.83. The van der Waals surface area contributed by atoms with Crippen molar-refractivity contribution in [1.82, 2.24) is 20.3 Å². The smallest absolute Gasteiger partial charge is 0.139 e. The SMILES string of the molecule is c1ccc(Nc2ccnc3[nH]c4c(c23)CNCC4)nc1. The van der Waals surface area contributed by atoms with Crippen LogP contribution >= 0.6 is 0 Å². The molecule has 3 aromatic heterocycles. The summed E-state index contributed by atoms with van der Waals surface area (Å²) in [4.78, 5) is 12.2. The van der Waals surface area contributed by atoms with Gasteiger partial charge < -0.3 is 15.6 Å². The monoisotopic (exact) mass is 265 g/mol. The van der Waals surface area contributed by atoms with Crippen molar-refractivity contribution in [3.05, 3.63) is 47.9 Å². The summed E-state index contributed by atoms with van der Waals surface area (Å²) in [7, 11) is 0. The van der Waals surface area contributed by atoms with Crippen molar-refractivity contribution >= 4 is 22.5 Å². The van der Waals surface area contributed by atoms with Gasteiger partial charge in [0, 0.05) is 43.0 Å². The molecule has 4 rings (SSSR count). The van der Waals surface area contributed by atoms with E-state index in [0.717, 1.165) is 36.7 Å². The summed E-state index contributed by atoms with van der Waals surface area (Å²) in [6, 6.07) is 7.85. The lowest BCUT2D eigenvalue weighted by molar-refractivity contribution is 0.641. The van der Waals surface area contributed by atoms with E-state index in [2.05, 4.69) is 25.6 Å². The van der Waals surface area contributed by atoms with Crippen LogP contribution < -0.4 is 10.6 Å². The summed E-state index contributed by atoms with van der Waals surface area (Å²) in [5, 5.41) is 7.97. The summed E-state index contributed by atoms with van der Waals surface area (Å²) in [5.41, 5.74) is 4.61. The third-order valence-electron chi connectivity index (χ3n) is 3.67. The number of aromatic nitrogens is 3. The maximum Gasteiger partial charge on any atom is 0.139 e. The van der Waals surface area contributed by atoms with Crippen LogP contribution in [-0.2, 0) is 13.0 Å². The fourth-order valence-electron chi connectivity index (χ4n) is 2.75. The Bertz CT molecular complexity index is 748. The van der Waals surface area contributed by atoms with Crippen molar-refractivity contribution in [2.75, 3.05) is 11.9 Å². The molecule has 0 aromatic carbocycles. The van der Waals surface area contributed by atoms with Gasteiger partial charge in [0.2, 0.25) is 0 Å². The minimum atomic E-state index is 0.846. The predicted octanol–water partition coefficient (Wildman–Crippen LogP) is 2.35. The van der Waals surface area contributed by atoms with Gasteiger partial charge in [-0.3, -0.25) is 0 Å². The highest BCUT2D eigenvalue weighted by atomic mass is 15.0. The predicted molar refractivity (Wildman–Crippen MR) is 79.0 cm³/mol. The molecule has 0 radical (unpaired) electrons. The highest BCUT2D eigenvalue weighted by Gasteiger charge is 2.18. The molecule has 5 nitrogen and oxygen atoms in total. The molecule has 5 heteroatoms. The quantitative estimate of drug-likeness (QED) is 0.665. The van der Waals surface area contributed by atoms with Gasteiger partial charge in [0.25, 0.3) is 0 Å². The van der Waals surface area contributed by atoms with Gasteiger partial charge in [0.15, 0.2) is 0 Å². The van der Waals surface area contributed by atoms with Crippen LogP contribution in [0.5, 0.6) is 0 Å². The second kappa shape index (κ2) is 4.61. The Hall–Kier alpha value is -2.40. The fourth-order valence-corrected chi connectivity index (χ4v) is 2.75. The van der Waals surface area contributed by atoms with E-state index in [4.69, 9.17) is 0 Å². The molecule has 0 aliphatic carbocycles. The molecular weight excluding hydrogens is 250 g/mol. The van der Waals surface area contributed by atoms with Crippen molar-refractivity contribution in [3.8, 4) is 0 Å². The minimum Gasteiger partial charge on any atom is -0.343 e. The molecule has 0 bridgehead atoms. The van der Waals surface area contributed by atoms with Gasteiger partial charge in [-0.1, -0.05) is 6.07 Å². The molecule has 0 spiro atoms. The Morgan fingerprint density at radius 3 is 3.00 bits per heavy atom. The molecule has 0 amide bonds. The van der Waals surface area contributed by atoms with Crippen LogP contribution in [0.15, 0.2) is 36.7 Å². The van der Waals surface area contributed by atoms with Gasteiger partial charge in [-0.25, -0.2) is 9.97 Å². The highest BCUT2D eigenvalue weighted by molar-refractivity contribution is 5.95. The second-order valence-electron chi connectivity index (χ2n) is 4.93. The molecule has 0 fully saturated rings. The summed E-state index contributed by atoms with van der Waals surface area (Å²) in [6.45, 7) is 1.90. The Labute approximate surface area is 116 Å². The maximum absolute atomic E-state index is 4.44. The van der Waals surface area contributed by atoms with Crippen LogP contribution in [0.4, 0.5) is 11.5 Å². The lowest BCUT2D eigenvalue weighted by Gasteiger charge is -2.14. The zero-order chi connectivity index (χ0) is 13.4. The van der Waals surface area contributed by atoms with Crippen molar-refractivity contribution in [3.63, 3.8) is 0 Å². The topological polar surface area (TPSA) is 65.6 Å². The van der Waals surface area contributed by atoms with Crippen molar-refractivity contribution < 1.29 is 0 Å². The second-order valence-corrected chi connectivity index (χ2v) is 4.93. The normalized spacial score (nSPS) is 14.2. The van der Waals surface area contributed by atoms with E-state index in [1.54, 1.807) is 6.20 Å². The van der Waals surface area contributed by atoms with E-state index in [-0.39, 0.29) is 0 Å². The number of nitrogens with zero attached hydrogens (tertiary/aromatic N) is 2. The average molecular weight is 265 g/mol. The molecule has 3 N–H and O–H groups in total. The van der Waals surface area contributed by atoms with E-state index in [0.29, 0.717) is 0 Å². The van der Waals surface area contributed by atoms with Crippen LogP contribution in [0.1, 0.15) is 11.3 Å². The van der Waals surface area contributed by atoms with Gasteiger partial charge in [-0.2, -0.15) is 0 Å². The van der Waals surface area contributed by atoms with Crippen LogP contribution in [0.2, 0.25) is 0 Å². The zero-order valence-corrected chi connectivity index (χ0v) is 11.0. The van der Waals surface area contributed by atoms with E-state index in [1.165, 1.54) is 16.6 Å². The summed E-state index contributed by atoms with van der Waals surface area (Å²) < 4.78 is 0. The van der Waals surface area contributed by atoms with E-state index in [9.17, 15) is 0 Å². The lowest BCUT2D eigenvalue weighted by atomic mass is 10.1. The standard InChI is InChI=1S/C15H15N5/c1-2-6-17-13(3-1)19-12-5-8-18-15-14(12)10-9-16-7-4-11(10)20-15/h1-3,5-6,8,16H,4,7,9H2,(H2,17,18,19,20). The number of H-pyrrole nitrogens is 1. The first-order valence-corrected chi connectivity index (χ1v) is 6.79. The Kier molecular flexibility index (Phi) is 2.63. The maximum atomic E-state index is 4.44. The highest BCUT2D eigenvalue weighted by Crippen LogP contribution is 2.31. The van der Waals surface area contributed by atoms with E-state index < -0.39 is 0 Å². The molecule has 20 heavy (non-hydrogen) atoms. The van der Waals surface area contributed by atoms with E-state index in [1.807, 2.05) is 30.5 Å². The molecule has 0 saturated carbocycles. The first-order valence-electron chi connectivity index (χ1n) is 6.79. The molecule has 0 saturated heterocycles. The molecule has 100 valence electrons. The lowest BCUT2D eigenvalue weighted by Crippen LogP contribution is -2.23. The van der Waals surface area contributed by atoms with Crippen LogP contribution in [0.3, 0.4) is 0 Å². The average Bonchev–Trinajstić information content (AvgIpc) is 2.88. The van der Waals surface area contributed by atoms with Gasteiger partial charge >= 0.3 is 0 Å². The molecule has 1 aliphatic heterocycles. The Balaban J connectivity index is 1.85. The number of anilines is 2. The summed E-state index contributed by atoms with van der Waals surface area (Å²) in [5.74, 6) is 0.846. The van der Waals surface area contributed by atoms with Crippen LogP contribution in [0, 0.1) is 0 Å². The Morgan fingerprint density at radius 1 is 1.10 bits per heavy atom. The third-order valence-corrected chi connectivity index (χ3v) is 3.67. The first-order chi connectivity index (χ1) is 9.92. The summed E-state index contributed by atoms with van der Waals surface area (Å²) in [6.07, 6.45) is 4.63. The largest absolute Gasteiger partial charge is 0.343 e.